The van der Waals surface area contributed by atoms with Crippen molar-refractivity contribution in [3.8, 4) is 5.69 Å². The molecule has 20 heavy (non-hydrogen) atoms. The van der Waals surface area contributed by atoms with E-state index in [2.05, 4.69) is 10.1 Å². The van der Waals surface area contributed by atoms with Gasteiger partial charge in [0.25, 0.3) is 5.82 Å². The van der Waals surface area contributed by atoms with Crippen LogP contribution < -0.4 is 0 Å². The smallest absolute Gasteiger partial charge is 0.375 e. The summed E-state index contributed by atoms with van der Waals surface area (Å²) < 4.78 is 28.1. The Morgan fingerprint density at radius 1 is 1.30 bits per heavy atom. The van der Waals surface area contributed by atoms with E-state index in [9.17, 15) is 13.6 Å². The fraction of sp³-hybridized carbons (Fsp3) is 0.308. The van der Waals surface area contributed by atoms with Crippen LogP contribution >= 0.6 is 0 Å². The Bertz CT molecular complexity index is 675. The van der Waals surface area contributed by atoms with E-state index in [0.29, 0.717) is 0 Å². The second kappa shape index (κ2) is 4.66. The second-order valence-corrected chi connectivity index (χ2v) is 5.32. The van der Waals surface area contributed by atoms with Crippen molar-refractivity contribution in [3.63, 3.8) is 0 Å². The van der Waals surface area contributed by atoms with Crippen LogP contribution in [-0.4, -0.2) is 25.8 Å². The summed E-state index contributed by atoms with van der Waals surface area (Å²) in [6, 6.07) is 2.88. The Morgan fingerprint density at radius 2 is 1.95 bits per heavy atom. The molecular weight excluding hydrogens is 268 g/mol. The zero-order valence-corrected chi connectivity index (χ0v) is 11.2. The number of carboxylic acid groups (broad SMARTS) is 1. The maximum absolute atomic E-state index is 13.8. The monoisotopic (exact) mass is 281 g/mol. The van der Waals surface area contributed by atoms with Crippen LogP contribution in [0, 0.1) is 11.6 Å². The van der Waals surface area contributed by atoms with E-state index in [-0.39, 0.29) is 11.5 Å². The highest BCUT2D eigenvalue weighted by Crippen LogP contribution is 2.25. The van der Waals surface area contributed by atoms with Gasteiger partial charge in [-0.25, -0.2) is 23.2 Å². The number of aromatic nitrogens is 3. The molecule has 0 aliphatic heterocycles. The van der Waals surface area contributed by atoms with Crippen LogP contribution in [0.3, 0.4) is 0 Å². The highest BCUT2D eigenvalue weighted by Gasteiger charge is 2.27. The van der Waals surface area contributed by atoms with Gasteiger partial charge in [0.05, 0.1) is 0 Å². The van der Waals surface area contributed by atoms with Gasteiger partial charge in [-0.1, -0.05) is 20.8 Å². The van der Waals surface area contributed by atoms with Crippen molar-refractivity contribution in [2.24, 2.45) is 0 Å². The number of hydrogen-bond acceptors (Lipinski definition) is 3. The molecule has 7 heteroatoms. The van der Waals surface area contributed by atoms with Crippen LogP contribution in [0.4, 0.5) is 8.78 Å². The molecular formula is C13H13F2N3O2. The lowest BCUT2D eigenvalue weighted by atomic mass is 9.95. The number of aromatic carboxylic acids is 1. The molecule has 106 valence electrons. The van der Waals surface area contributed by atoms with Crippen LogP contribution in [0.15, 0.2) is 18.2 Å². The summed E-state index contributed by atoms with van der Waals surface area (Å²) >= 11 is 0. The predicted molar refractivity (Wildman–Crippen MR) is 66.9 cm³/mol. The first-order valence-corrected chi connectivity index (χ1v) is 5.86. The third kappa shape index (κ3) is 2.52. The van der Waals surface area contributed by atoms with Gasteiger partial charge in [-0.2, -0.15) is 0 Å². The van der Waals surface area contributed by atoms with Gasteiger partial charge in [0, 0.05) is 11.5 Å². The first-order chi connectivity index (χ1) is 9.20. The molecule has 0 saturated carbocycles. The van der Waals surface area contributed by atoms with Crippen LogP contribution in [0.25, 0.3) is 5.69 Å². The van der Waals surface area contributed by atoms with E-state index in [1.807, 2.05) is 0 Å². The molecule has 1 heterocycles. The first kappa shape index (κ1) is 14.1. The zero-order chi connectivity index (χ0) is 15.1. The number of carbonyl (C=O) groups is 1. The standard InChI is InChI=1S/C13H13F2N3O2/c1-13(2,3)12-16-10(11(19)20)17-18(12)9-6-7(14)4-5-8(9)15/h4-6H,1-3H3,(H,19,20). The Kier molecular flexibility index (Phi) is 3.29. The molecule has 2 rings (SSSR count). The summed E-state index contributed by atoms with van der Waals surface area (Å²) in [5, 5.41) is 12.7. The van der Waals surface area contributed by atoms with E-state index in [0.717, 1.165) is 22.9 Å². The molecule has 0 unspecified atom stereocenters. The third-order valence-corrected chi connectivity index (χ3v) is 2.61. The minimum Gasteiger partial charge on any atom is -0.475 e. The molecule has 0 aliphatic rings. The third-order valence-electron chi connectivity index (χ3n) is 2.61. The van der Waals surface area contributed by atoms with Crippen molar-refractivity contribution < 1.29 is 18.7 Å². The molecule has 1 N–H and O–H groups in total. The maximum atomic E-state index is 13.8. The van der Waals surface area contributed by atoms with Gasteiger partial charge in [0.15, 0.2) is 0 Å². The number of carboxylic acids is 1. The fourth-order valence-electron chi connectivity index (χ4n) is 1.70. The molecule has 1 aromatic heterocycles. The fourth-order valence-corrected chi connectivity index (χ4v) is 1.70. The van der Waals surface area contributed by atoms with Crippen LogP contribution in [0.2, 0.25) is 0 Å². The van der Waals surface area contributed by atoms with Crippen molar-refractivity contribution in [2.75, 3.05) is 0 Å². The van der Waals surface area contributed by atoms with Crippen molar-refractivity contribution in [1.29, 1.82) is 0 Å². The van der Waals surface area contributed by atoms with Crippen molar-refractivity contribution in [1.82, 2.24) is 14.8 Å². The minimum atomic E-state index is -1.33. The average molecular weight is 281 g/mol. The van der Waals surface area contributed by atoms with E-state index < -0.39 is 28.8 Å². The van der Waals surface area contributed by atoms with Gasteiger partial charge < -0.3 is 5.11 Å². The molecule has 0 fully saturated rings. The van der Waals surface area contributed by atoms with Gasteiger partial charge in [-0.15, -0.1) is 5.10 Å². The summed E-state index contributed by atoms with van der Waals surface area (Å²) in [7, 11) is 0. The molecule has 0 aliphatic carbocycles. The lowest BCUT2D eigenvalue weighted by molar-refractivity contribution is 0.0683. The second-order valence-electron chi connectivity index (χ2n) is 5.32. The molecule has 0 amide bonds. The molecule has 0 bridgehead atoms. The summed E-state index contributed by atoms with van der Waals surface area (Å²) in [4.78, 5) is 14.9. The minimum absolute atomic E-state index is 0.171. The lowest BCUT2D eigenvalue weighted by Gasteiger charge is -2.18. The van der Waals surface area contributed by atoms with Crippen LogP contribution in [-0.2, 0) is 5.41 Å². The van der Waals surface area contributed by atoms with Crippen molar-refractivity contribution in [3.05, 3.63) is 41.5 Å². The Balaban J connectivity index is 2.72. The highest BCUT2D eigenvalue weighted by atomic mass is 19.1. The van der Waals surface area contributed by atoms with Crippen LogP contribution in [0.5, 0.6) is 0 Å². The van der Waals surface area contributed by atoms with E-state index in [4.69, 9.17) is 5.11 Å². The summed E-state index contributed by atoms with van der Waals surface area (Å²) in [6.45, 7) is 5.32. The summed E-state index contributed by atoms with van der Waals surface area (Å²) in [6.07, 6.45) is 0. The topological polar surface area (TPSA) is 68.0 Å². The largest absolute Gasteiger partial charge is 0.475 e. The predicted octanol–water partition coefficient (Wildman–Crippen LogP) is 2.54. The molecule has 1 aromatic carbocycles. The Morgan fingerprint density at radius 3 is 2.50 bits per heavy atom. The van der Waals surface area contributed by atoms with E-state index in [1.54, 1.807) is 20.8 Å². The molecule has 0 radical (unpaired) electrons. The zero-order valence-electron chi connectivity index (χ0n) is 11.2. The number of nitrogens with zero attached hydrogens (tertiary/aromatic N) is 3. The Hall–Kier alpha value is -2.31. The molecule has 0 atom stereocenters. The van der Waals surface area contributed by atoms with Gasteiger partial charge >= 0.3 is 5.97 Å². The number of rotatable bonds is 2. The van der Waals surface area contributed by atoms with Crippen LogP contribution in [0.1, 0.15) is 37.2 Å². The quantitative estimate of drug-likeness (QED) is 0.918. The maximum Gasteiger partial charge on any atom is 0.375 e. The molecule has 0 spiro atoms. The molecule has 5 nitrogen and oxygen atoms in total. The molecule has 0 saturated heterocycles. The normalized spacial score (nSPS) is 11.7. The number of halogens is 2. The highest BCUT2D eigenvalue weighted by molar-refractivity contribution is 5.83. The first-order valence-electron chi connectivity index (χ1n) is 5.86. The van der Waals surface area contributed by atoms with E-state index >= 15 is 0 Å². The van der Waals surface area contributed by atoms with Crippen molar-refractivity contribution in [2.45, 2.75) is 26.2 Å². The number of benzene rings is 1. The van der Waals surface area contributed by atoms with Gasteiger partial charge in [0.1, 0.15) is 23.1 Å². The van der Waals surface area contributed by atoms with E-state index in [1.165, 1.54) is 0 Å². The average Bonchev–Trinajstić information content (AvgIpc) is 2.77. The van der Waals surface area contributed by atoms with Gasteiger partial charge in [-0.3, -0.25) is 0 Å². The summed E-state index contributed by atoms with van der Waals surface area (Å²) in [5.41, 5.74) is -0.755. The lowest BCUT2D eigenvalue weighted by Crippen LogP contribution is -2.19. The Labute approximate surface area is 113 Å². The van der Waals surface area contributed by atoms with Gasteiger partial charge in [-0.05, 0) is 12.1 Å². The summed E-state index contributed by atoms with van der Waals surface area (Å²) in [5.74, 6) is -2.91. The van der Waals surface area contributed by atoms with Crippen molar-refractivity contribution >= 4 is 5.97 Å². The van der Waals surface area contributed by atoms with Gasteiger partial charge in [0.2, 0.25) is 0 Å². The number of hydrogen-bond donors (Lipinski definition) is 1. The molecule has 2 aromatic rings. The SMILES string of the molecule is CC(C)(C)c1nc(C(=O)O)nn1-c1cc(F)ccc1F.